The van der Waals surface area contributed by atoms with Gasteiger partial charge in [-0.2, -0.15) is 0 Å². The lowest BCUT2D eigenvalue weighted by Gasteiger charge is -2.29. The molecule has 0 radical (unpaired) electrons. The highest BCUT2D eigenvalue weighted by molar-refractivity contribution is 6.35. The summed E-state index contributed by atoms with van der Waals surface area (Å²) in [6.45, 7) is 0. The summed E-state index contributed by atoms with van der Waals surface area (Å²) >= 11 is 0. The molecule has 0 aliphatic rings. The van der Waals surface area contributed by atoms with Gasteiger partial charge in [0.25, 0.3) is 0 Å². The normalized spacial score (nSPS) is 13.2. The van der Waals surface area contributed by atoms with Gasteiger partial charge in [-0.05, 0) is 11.6 Å². The van der Waals surface area contributed by atoms with Crippen molar-refractivity contribution in [2.45, 2.75) is 12.0 Å². The molecule has 1 amide bonds. The van der Waals surface area contributed by atoms with Crippen LogP contribution in [-0.4, -0.2) is 39.2 Å². The summed E-state index contributed by atoms with van der Waals surface area (Å²) in [6.07, 6.45) is -0.613. The fraction of sp³-hybridized carbons (Fsp3) is 0.176. The number of rotatable bonds is 5. The predicted octanol–water partition coefficient (Wildman–Crippen LogP) is 1.43. The van der Waals surface area contributed by atoms with Gasteiger partial charge in [0, 0.05) is 12.6 Å². The molecule has 0 aromatic heterocycles. The summed E-state index contributed by atoms with van der Waals surface area (Å²) < 4.78 is 0. The van der Waals surface area contributed by atoms with E-state index in [0.29, 0.717) is 5.56 Å². The third kappa shape index (κ3) is 3.39. The Bertz CT molecular complexity index is 714. The Kier molecular flexibility index (Phi) is 4.78. The van der Waals surface area contributed by atoms with Crippen LogP contribution in [0.15, 0.2) is 54.6 Å². The molecule has 0 spiro atoms. The minimum Gasteiger partial charge on any atom is -0.508 e. The highest BCUT2D eigenvalue weighted by Gasteiger charge is 2.38. The van der Waals surface area contributed by atoms with Gasteiger partial charge in [0.05, 0.1) is 6.42 Å². The van der Waals surface area contributed by atoms with Crippen LogP contribution in [0.2, 0.25) is 0 Å². The average molecular weight is 315 g/mol. The number of hydrogen-bond donors (Lipinski definition) is 3. The molecule has 3 N–H and O–H groups in total. The van der Waals surface area contributed by atoms with Gasteiger partial charge in [-0.1, -0.05) is 48.5 Å². The van der Waals surface area contributed by atoms with Crippen molar-refractivity contribution in [3.63, 3.8) is 0 Å². The third-order valence-corrected chi connectivity index (χ3v) is 3.55. The van der Waals surface area contributed by atoms with Crippen molar-refractivity contribution in [3.8, 4) is 5.75 Å². The Hall–Kier alpha value is -2.70. The smallest absolute Gasteiger partial charge is 0.313 e. The number of hydroxylamine groups is 2. The quantitative estimate of drug-likeness (QED) is 0.440. The summed E-state index contributed by atoms with van der Waals surface area (Å²) in [5.74, 6) is -2.32. The van der Waals surface area contributed by atoms with Gasteiger partial charge >= 0.3 is 5.91 Å². The van der Waals surface area contributed by atoms with E-state index in [0.717, 1.165) is 7.05 Å². The number of hydrogen-bond acceptors (Lipinski definition) is 5. The van der Waals surface area contributed by atoms with Crippen LogP contribution in [0.5, 0.6) is 5.75 Å². The SMILES string of the molecule is CN(O)C(=O)C(=O)CC(O)(c1ccccc1)c1ccccc1O. The number of nitrogens with zero attached hydrogens (tertiary/aromatic N) is 1. The number of carbonyl (C=O) groups is 2. The van der Waals surface area contributed by atoms with E-state index in [2.05, 4.69) is 0 Å². The van der Waals surface area contributed by atoms with E-state index in [-0.39, 0.29) is 16.4 Å². The number of carbonyl (C=O) groups excluding carboxylic acids is 2. The van der Waals surface area contributed by atoms with E-state index >= 15 is 0 Å². The van der Waals surface area contributed by atoms with E-state index in [4.69, 9.17) is 5.21 Å². The highest BCUT2D eigenvalue weighted by Crippen LogP contribution is 2.38. The van der Waals surface area contributed by atoms with Crippen LogP contribution in [0.3, 0.4) is 0 Å². The van der Waals surface area contributed by atoms with Crippen LogP contribution in [0.4, 0.5) is 0 Å². The maximum atomic E-state index is 12.1. The molecule has 120 valence electrons. The van der Waals surface area contributed by atoms with Gasteiger partial charge in [0.2, 0.25) is 5.78 Å². The summed E-state index contributed by atoms with van der Waals surface area (Å²) in [5.41, 5.74) is -1.44. The number of ketones is 1. The van der Waals surface area contributed by atoms with Crippen LogP contribution >= 0.6 is 0 Å². The molecule has 0 aliphatic carbocycles. The van der Waals surface area contributed by atoms with E-state index < -0.39 is 23.7 Å². The molecule has 6 nitrogen and oxygen atoms in total. The van der Waals surface area contributed by atoms with E-state index in [1.54, 1.807) is 42.5 Å². The topological polar surface area (TPSA) is 98.1 Å². The standard InChI is InChI=1S/C17H17NO5/c1-18(23)16(21)15(20)11-17(22,12-7-3-2-4-8-12)13-9-5-6-10-14(13)19/h2-10,19,22-23H,11H2,1H3. The minimum absolute atomic E-state index is 0.105. The van der Waals surface area contributed by atoms with Gasteiger partial charge < -0.3 is 10.2 Å². The van der Waals surface area contributed by atoms with Gasteiger partial charge in [0.15, 0.2) is 0 Å². The predicted molar refractivity (Wildman–Crippen MR) is 81.7 cm³/mol. The Morgan fingerprint density at radius 2 is 1.61 bits per heavy atom. The number of aromatic hydroxyl groups is 1. The highest BCUT2D eigenvalue weighted by atomic mass is 16.5. The molecule has 1 atom stereocenters. The first-order valence-electron chi connectivity index (χ1n) is 6.92. The molecule has 0 heterocycles. The van der Waals surface area contributed by atoms with Crippen molar-refractivity contribution < 1.29 is 25.0 Å². The molecule has 2 aromatic rings. The average Bonchev–Trinajstić information content (AvgIpc) is 2.55. The Labute approximate surface area is 133 Å². The first-order chi connectivity index (χ1) is 10.9. The molecule has 6 heteroatoms. The first-order valence-corrected chi connectivity index (χ1v) is 6.92. The van der Waals surface area contributed by atoms with Crippen molar-refractivity contribution >= 4 is 11.7 Å². The second-order valence-corrected chi connectivity index (χ2v) is 5.17. The van der Waals surface area contributed by atoms with Crippen LogP contribution in [0, 0.1) is 0 Å². The summed E-state index contributed by atoms with van der Waals surface area (Å²) in [4.78, 5) is 23.7. The lowest BCUT2D eigenvalue weighted by Crippen LogP contribution is -2.37. The van der Waals surface area contributed by atoms with Crippen molar-refractivity contribution in [2.24, 2.45) is 0 Å². The number of amides is 1. The zero-order chi connectivity index (χ0) is 17.0. The molecule has 1 unspecified atom stereocenters. The third-order valence-electron chi connectivity index (χ3n) is 3.55. The first kappa shape index (κ1) is 16.7. The molecule has 23 heavy (non-hydrogen) atoms. The Morgan fingerprint density at radius 3 is 2.17 bits per heavy atom. The molecule has 0 saturated carbocycles. The molecule has 0 saturated heterocycles. The lowest BCUT2D eigenvalue weighted by atomic mass is 9.81. The lowest BCUT2D eigenvalue weighted by molar-refractivity contribution is -0.166. The fourth-order valence-electron chi connectivity index (χ4n) is 2.38. The van der Waals surface area contributed by atoms with Gasteiger partial charge in [0.1, 0.15) is 11.4 Å². The number of phenols is 1. The number of aliphatic hydroxyl groups is 1. The van der Waals surface area contributed by atoms with Gasteiger partial charge in [-0.25, -0.2) is 5.06 Å². The molecule has 0 fully saturated rings. The van der Waals surface area contributed by atoms with Gasteiger partial charge in [-0.15, -0.1) is 0 Å². The molecule has 0 bridgehead atoms. The van der Waals surface area contributed by atoms with E-state index in [9.17, 15) is 19.8 Å². The summed E-state index contributed by atoms with van der Waals surface area (Å²) in [5, 5.41) is 30.4. The second kappa shape index (κ2) is 6.60. The van der Waals surface area contributed by atoms with E-state index in [1.165, 1.54) is 12.1 Å². The molecular weight excluding hydrogens is 298 g/mol. The molecule has 2 rings (SSSR count). The van der Waals surface area contributed by atoms with Crippen LogP contribution in [0.25, 0.3) is 0 Å². The number of para-hydroxylation sites is 1. The van der Waals surface area contributed by atoms with Crippen molar-refractivity contribution in [2.75, 3.05) is 7.05 Å². The minimum atomic E-state index is -1.89. The maximum absolute atomic E-state index is 12.1. The zero-order valence-corrected chi connectivity index (χ0v) is 12.5. The molecular formula is C17H17NO5. The van der Waals surface area contributed by atoms with Crippen LogP contribution in [0.1, 0.15) is 17.5 Å². The van der Waals surface area contributed by atoms with E-state index in [1.807, 2.05) is 0 Å². The fourth-order valence-corrected chi connectivity index (χ4v) is 2.38. The maximum Gasteiger partial charge on any atom is 0.313 e. The largest absolute Gasteiger partial charge is 0.508 e. The van der Waals surface area contributed by atoms with Crippen molar-refractivity contribution in [3.05, 3.63) is 65.7 Å². The number of benzene rings is 2. The zero-order valence-electron chi connectivity index (χ0n) is 12.5. The Balaban J connectivity index is 2.51. The summed E-state index contributed by atoms with van der Waals surface area (Å²) in [7, 11) is 1.03. The number of likely N-dealkylation sites (N-methyl/N-ethyl adjacent to an activating group) is 1. The van der Waals surface area contributed by atoms with Crippen LogP contribution < -0.4 is 0 Å². The van der Waals surface area contributed by atoms with Crippen LogP contribution in [-0.2, 0) is 15.2 Å². The number of Topliss-reactive ketones (excluding diaryl/α,β-unsaturated/α-hetero) is 1. The molecule has 0 aliphatic heterocycles. The summed E-state index contributed by atoms with van der Waals surface area (Å²) in [6, 6.07) is 14.3. The van der Waals surface area contributed by atoms with Crippen molar-refractivity contribution in [1.82, 2.24) is 5.06 Å². The molecule has 2 aromatic carbocycles. The second-order valence-electron chi connectivity index (χ2n) is 5.17. The number of phenolic OH excluding ortho intramolecular Hbond substituents is 1. The van der Waals surface area contributed by atoms with Crippen molar-refractivity contribution in [1.29, 1.82) is 0 Å². The van der Waals surface area contributed by atoms with Gasteiger partial charge in [-0.3, -0.25) is 14.8 Å². The Morgan fingerprint density at radius 1 is 1.04 bits per heavy atom. The monoisotopic (exact) mass is 315 g/mol.